The fraction of sp³-hybridized carbons (Fsp3) is 0.409. The van der Waals surface area contributed by atoms with Gasteiger partial charge in [0.2, 0.25) is 0 Å². The number of hydrogen-bond donors (Lipinski definition) is 2. The molecule has 0 aliphatic carbocycles. The Kier molecular flexibility index (Phi) is 6.13. The fourth-order valence-corrected chi connectivity index (χ4v) is 4.03. The van der Waals surface area contributed by atoms with Crippen LogP contribution in [-0.4, -0.2) is 39.0 Å². The lowest BCUT2D eigenvalue weighted by molar-refractivity contribution is -0.170. The van der Waals surface area contributed by atoms with Crippen molar-refractivity contribution in [3.8, 4) is 0 Å². The fourth-order valence-electron chi connectivity index (χ4n) is 3.25. The van der Waals surface area contributed by atoms with E-state index in [4.69, 9.17) is 0 Å². The van der Waals surface area contributed by atoms with Crippen LogP contribution in [0.25, 0.3) is 11.0 Å². The van der Waals surface area contributed by atoms with Gasteiger partial charge in [0.05, 0.1) is 17.0 Å². The number of rotatable bonds is 6. The quantitative estimate of drug-likeness (QED) is 0.510. The summed E-state index contributed by atoms with van der Waals surface area (Å²) < 4.78 is 56.9. The van der Waals surface area contributed by atoms with Crippen LogP contribution in [0.4, 0.5) is 19.0 Å². The highest BCUT2D eigenvalue weighted by Crippen LogP contribution is 2.41. The Bertz CT molecular complexity index is 1220. The van der Waals surface area contributed by atoms with Crippen LogP contribution in [0.2, 0.25) is 0 Å². The van der Waals surface area contributed by atoms with Gasteiger partial charge in [0.15, 0.2) is 5.65 Å². The first-order chi connectivity index (χ1) is 14.6. The van der Waals surface area contributed by atoms with Crippen LogP contribution in [0.1, 0.15) is 43.8 Å². The molecule has 0 unspecified atom stereocenters. The molecule has 6 nitrogen and oxygen atoms in total. The summed E-state index contributed by atoms with van der Waals surface area (Å²) in [7, 11) is -2.61. The molecule has 0 fully saturated rings. The molecule has 0 amide bonds. The highest BCUT2D eigenvalue weighted by molar-refractivity contribution is 7.70. The van der Waals surface area contributed by atoms with E-state index in [1.165, 1.54) is 18.3 Å². The zero-order valence-electron chi connectivity index (χ0n) is 18.7. The third-order valence-electron chi connectivity index (χ3n) is 5.23. The largest absolute Gasteiger partial charge is 0.384 e. The van der Waals surface area contributed by atoms with Crippen molar-refractivity contribution in [2.75, 3.05) is 18.6 Å². The van der Waals surface area contributed by atoms with Gasteiger partial charge in [-0.3, -0.25) is 0 Å². The Balaban J connectivity index is 2.07. The second kappa shape index (κ2) is 8.12. The molecule has 32 heavy (non-hydrogen) atoms. The topological polar surface area (TPSA) is 88.0 Å². The molecule has 2 N–H and O–H groups in total. The predicted molar refractivity (Wildman–Crippen MR) is 120 cm³/mol. The second-order valence-electron chi connectivity index (χ2n) is 8.74. The number of fused-ring (bicyclic) bond motifs is 1. The number of aliphatic hydroxyl groups is 1. The number of aryl methyl sites for hydroxylation is 1. The molecule has 3 rings (SSSR count). The zero-order chi connectivity index (χ0) is 24.1. The minimum absolute atomic E-state index is 0.0170. The molecule has 0 spiro atoms. The van der Waals surface area contributed by atoms with E-state index in [9.17, 15) is 18.5 Å². The average Bonchev–Trinajstić information content (AvgIpc) is 2.65. The van der Waals surface area contributed by atoms with Gasteiger partial charge < -0.3 is 15.0 Å². The number of nitrogens with one attached hydrogen (secondary N) is 1. The third kappa shape index (κ3) is 4.50. The van der Waals surface area contributed by atoms with Crippen molar-refractivity contribution in [1.29, 1.82) is 0 Å². The molecule has 3 aromatic rings. The maximum atomic E-state index is 15.2. The maximum Gasteiger partial charge on any atom is 0.303 e. The molecule has 0 bridgehead atoms. The third-order valence-corrected chi connectivity index (χ3v) is 6.71. The van der Waals surface area contributed by atoms with Crippen molar-refractivity contribution in [3.05, 3.63) is 53.2 Å². The van der Waals surface area contributed by atoms with E-state index in [-0.39, 0.29) is 5.56 Å². The smallest absolute Gasteiger partial charge is 0.303 e. The zero-order valence-corrected chi connectivity index (χ0v) is 19.6. The Morgan fingerprint density at radius 3 is 2.44 bits per heavy atom. The summed E-state index contributed by atoms with van der Waals surface area (Å²) in [6, 6.07) is 4.59. The molecule has 0 radical (unpaired) electrons. The van der Waals surface area contributed by atoms with Crippen molar-refractivity contribution in [2.24, 2.45) is 0 Å². The van der Waals surface area contributed by atoms with Gasteiger partial charge in [-0.2, -0.15) is 8.78 Å². The molecule has 2 heterocycles. The molecule has 2 aromatic heterocycles. The van der Waals surface area contributed by atoms with E-state index < -0.39 is 36.1 Å². The van der Waals surface area contributed by atoms with Crippen LogP contribution >= 0.6 is 7.14 Å². The molecule has 1 atom stereocenters. The number of alkyl halides is 2. The van der Waals surface area contributed by atoms with Crippen molar-refractivity contribution in [3.63, 3.8) is 0 Å². The summed E-state index contributed by atoms with van der Waals surface area (Å²) in [6.07, 6.45) is 1.50. The van der Waals surface area contributed by atoms with E-state index in [1.807, 2.05) is 0 Å². The van der Waals surface area contributed by atoms with Gasteiger partial charge in [0.1, 0.15) is 30.2 Å². The van der Waals surface area contributed by atoms with E-state index >= 15 is 4.39 Å². The summed E-state index contributed by atoms with van der Waals surface area (Å²) in [5.41, 5.74) is -2.98. The summed E-state index contributed by atoms with van der Waals surface area (Å²) in [5, 5.41) is 13.9. The standard InChI is InChI=1S/C22H26F3N4O2P/c1-12(15-8-7-9-17(18(15)23)22(24,25)21(3,4)30)27-20-16-10-14(32(5,6)31)11-26-19(16)28-13(2)29-20/h7-12,30H,1-6H3,(H,26,27,28,29)/t12-/m1/s1. The monoisotopic (exact) mass is 466 g/mol. The van der Waals surface area contributed by atoms with Crippen LogP contribution in [-0.2, 0) is 10.5 Å². The summed E-state index contributed by atoms with van der Waals surface area (Å²) >= 11 is 0. The van der Waals surface area contributed by atoms with Gasteiger partial charge in [-0.25, -0.2) is 19.3 Å². The number of hydrogen-bond acceptors (Lipinski definition) is 6. The highest BCUT2D eigenvalue weighted by Gasteiger charge is 2.49. The minimum Gasteiger partial charge on any atom is -0.384 e. The number of pyridine rings is 1. The normalized spacial score (nSPS) is 13.9. The van der Waals surface area contributed by atoms with Crippen LogP contribution in [0.15, 0.2) is 30.5 Å². The highest BCUT2D eigenvalue weighted by atomic mass is 31.2. The first-order valence-electron chi connectivity index (χ1n) is 9.98. The van der Waals surface area contributed by atoms with Gasteiger partial charge in [-0.15, -0.1) is 0 Å². The molecule has 0 saturated carbocycles. The molecular formula is C22H26F3N4O2P. The summed E-state index contributed by atoms with van der Waals surface area (Å²) in [4.78, 5) is 12.9. The number of anilines is 1. The summed E-state index contributed by atoms with van der Waals surface area (Å²) in [5.74, 6) is -4.18. The number of aromatic nitrogens is 3. The van der Waals surface area contributed by atoms with Crippen LogP contribution in [0.5, 0.6) is 0 Å². The van der Waals surface area contributed by atoms with Crippen molar-refractivity contribution in [1.82, 2.24) is 15.0 Å². The van der Waals surface area contributed by atoms with Gasteiger partial charge in [-0.05, 0) is 53.2 Å². The predicted octanol–water partition coefficient (Wildman–Crippen LogP) is 4.76. The van der Waals surface area contributed by atoms with Crippen molar-refractivity contribution < 1.29 is 22.8 Å². The van der Waals surface area contributed by atoms with E-state index in [1.54, 1.807) is 33.2 Å². The minimum atomic E-state index is -3.80. The van der Waals surface area contributed by atoms with Gasteiger partial charge in [0, 0.05) is 17.1 Å². The molecular weight excluding hydrogens is 440 g/mol. The first kappa shape index (κ1) is 24.1. The van der Waals surface area contributed by atoms with Gasteiger partial charge in [0.25, 0.3) is 0 Å². The Morgan fingerprint density at radius 1 is 1.19 bits per heavy atom. The molecule has 1 aromatic carbocycles. The molecule has 172 valence electrons. The lowest BCUT2D eigenvalue weighted by Gasteiger charge is -2.30. The maximum absolute atomic E-state index is 15.2. The van der Waals surface area contributed by atoms with Crippen LogP contribution < -0.4 is 10.6 Å². The number of benzene rings is 1. The number of halogens is 3. The van der Waals surface area contributed by atoms with Crippen LogP contribution in [0, 0.1) is 12.7 Å². The van der Waals surface area contributed by atoms with E-state index in [0.29, 0.717) is 28.0 Å². The van der Waals surface area contributed by atoms with Gasteiger partial charge in [-0.1, -0.05) is 12.1 Å². The lowest BCUT2D eigenvalue weighted by atomic mass is 9.91. The SMILES string of the molecule is Cc1nc(N[C@H](C)c2cccc(C(F)(F)C(C)(C)O)c2F)c2cc(P(C)(C)=O)cnc2n1. The molecule has 10 heteroatoms. The van der Waals surface area contributed by atoms with E-state index in [2.05, 4.69) is 20.3 Å². The Morgan fingerprint density at radius 2 is 1.84 bits per heavy atom. The Labute approximate surface area is 184 Å². The van der Waals surface area contributed by atoms with Crippen molar-refractivity contribution in [2.45, 2.75) is 45.3 Å². The molecule has 0 aliphatic heterocycles. The lowest BCUT2D eigenvalue weighted by Crippen LogP contribution is -2.41. The van der Waals surface area contributed by atoms with E-state index in [0.717, 1.165) is 19.9 Å². The Hall–Kier alpha value is -2.51. The first-order valence-corrected chi connectivity index (χ1v) is 12.6. The number of nitrogens with zero attached hydrogens (tertiary/aromatic N) is 3. The molecule has 0 aliphatic rings. The molecule has 0 saturated heterocycles. The van der Waals surface area contributed by atoms with Gasteiger partial charge >= 0.3 is 5.92 Å². The second-order valence-corrected chi connectivity index (χ2v) is 12.0. The average molecular weight is 466 g/mol. The summed E-state index contributed by atoms with van der Waals surface area (Å²) in [6.45, 7) is 8.37. The van der Waals surface area contributed by atoms with Crippen molar-refractivity contribution >= 4 is 29.3 Å². The van der Waals surface area contributed by atoms with Crippen LogP contribution in [0.3, 0.4) is 0 Å².